The van der Waals surface area contributed by atoms with Gasteiger partial charge in [-0.2, -0.15) is 0 Å². The zero-order chi connectivity index (χ0) is 13.3. The molecule has 4 nitrogen and oxygen atoms in total. The summed E-state index contributed by atoms with van der Waals surface area (Å²) in [7, 11) is 0. The van der Waals surface area contributed by atoms with E-state index in [0.717, 1.165) is 0 Å². The zero-order valence-corrected chi connectivity index (χ0v) is 11.0. The van der Waals surface area contributed by atoms with E-state index in [0.29, 0.717) is 19.4 Å². The predicted molar refractivity (Wildman–Crippen MR) is 66.7 cm³/mol. The average molecular weight is 254 g/mol. The van der Waals surface area contributed by atoms with Crippen LogP contribution in [0.25, 0.3) is 0 Å². The van der Waals surface area contributed by atoms with Crippen molar-refractivity contribution < 1.29 is 19.7 Å². The third-order valence-corrected chi connectivity index (χ3v) is 4.20. The standard InChI is InChI=1S/C14H22O4/c1-3-18-14(17)12-8(2)4-5-9-6-10(15)7-11(16)13(9)12/h4-5,8-13,15-16H,3,6-7H2,1-2H3/t8-,9?,10+,11-,12-,13?/m0/s1. The predicted octanol–water partition coefficient (Wildman–Crippen LogP) is 1.12. The SMILES string of the molecule is CCOC(=O)[C@@H]1C2C(C=C[C@@H]1C)C[C@@H](O)C[C@@H]2O. The van der Waals surface area contributed by atoms with Crippen molar-refractivity contribution in [2.24, 2.45) is 23.7 Å². The van der Waals surface area contributed by atoms with Crippen LogP contribution in [0.15, 0.2) is 12.2 Å². The summed E-state index contributed by atoms with van der Waals surface area (Å²) >= 11 is 0. The van der Waals surface area contributed by atoms with Crippen LogP contribution < -0.4 is 0 Å². The average Bonchev–Trinajstić information content (AvgIpc) is 2.29. The summed E-state index contributed by atoms with van der Waals surface area (Å²) in [4.78, 5) is 12.1. The molecule has 0 heterocycles. The molecular formula is C14H22O4. The van der Waals surface area contributed by atoms with E-state index in [1.54, 1.807) is 6.92 Å². The van der Waals surface area contributed by atoms with Gasteiger partial charge in [-0.05, 0) is 31.6 Å². The summed E-state index contributed by atoms with van der Waals surface area (Å²) in [5.41, 5.74) is 0. The highest BCUT2D eigenvalue weighted by Crippen LogP contribution is 2.43. The molecule has 102 valence electrons. The number of hydrogen-bond acceptors (Lipinski definition) is 4. The van der Waals surface area contributed by atoms with Crippen LogP contribution >= 0.6 is 0 Å². The lowest BCUT2D eigenvalue weighted by molar-refractivity contribution is -0.158. The molecular weight excluding hydrogens is 232 g/mol. The van der Waals surface area contributed by atoms with Gasteiger partial charge in [-0.3, -0.25) is 4.79 Å². The van der Waals surface area contributed by atoms with E-state index in [-0.39, 0.29) is 29.6 Å². The molecule has 1 fully saturated rings. The van der Waals surface area contributed by atoms with Crippen molar-refractivity contribution in [2.75, 3.05) is 6.61 Å². The fraction of sp³-hybridized carbons (Fsp3) is 0.786. The molecule has 4 heteroatoms. The first kappa shape index (κ1) is 13.6. The van der Waals surface area contributed by atoms with Crippen LogP contribution in [0, 0.1) is 23.7 Å². The largest absolute Gasteiger partial charge is 0.466 e. The van der Waals surface area contributed by atoms with E-state index < -0.39 is 12.2 Å². The molecule has 0 spiro atoms. The number of carbonyl (C=O) groups excluding carboxylic acids is 1. The number of fused-ring (bicyclic) bond motifs is 1. The number of aliphatic hydroxyl groups is 2. The molecule has 0 aromatic rings. The van der Waals surface area contributed by atoms with Gasteiger partial charge in [0.25, 0.3) is 0 Å². The van der Waals surface area contributed by atoms with Crippen LogP contribution in [-0.4, -0.2) is 35.0 Å². The maximum Gasteiger partial charge on any atom is 0.309 e. The number of esters is 1. The van der Waals surface area contributed by atoms with Crippen molar-refractivity contribution in [1.82, 2.24) is 0 Å². The lowest BCUT2D eigenvalue weighted by atomic mass is 9.63. The summed E-state index contributed by atoms with van der Waals surface area (Å²) in [5.74, 6) is -0.473. The molecule has 1 saturated carbocycles. The highest BCUT2D eigenvalue weighted by Gasteiger charge is 2.46. The minimum Gasteiger partial charge on any atom is -0.466 e. The number of carbonyl (C=O) groups is 1. The Hall–Kier alpha value is -0.870. The molecule has 0 amide bonds. The monoisotopic (exact) mass is 254 g/mol. The Labute approximate surface area is 108 Å². The molecule has 0 bridgehead atoms. The van der Waals surface area contributed by atoms with E-state index in [2.05, 4.69) is 0 Å². The van der Waals surface area contributed by atoms with Gasteiger partial charge in [-0.1, -0.05) is 19.1 Å². The molecule has 0 radical (unpaired) electrons. The Bertz CT molecular complexity index is 339. The quantitative estimate of drug-likeness (QED) is 0.572. The Morgan fingerprint density at radius 2 is 2.06 bits per heavy atom. The number of ether oxygens (including phenoxy) is 1. The first-order chi connectivity index (χ1) is 8.54. The molecule has 0 aromatic carbocycles. The van der Waals surface area contributed by atoms with E-state index >= 15 is 0 Å². The van der Waals surface area contributed by atoms with Crippen LogP contribution in [0.2, 0.25) is 0 Å². The number of hydrogen-bond donors (Lipinski definition) is 2. The van der Waals surface area contributed by atoms with Crippen molar-refractivity contribution in [2.45, 2.75) is 38.9 Å². The second-order valence-electron chi connectivity index (χ2n) is 5.46. The van der Waals surface area contributed by atoms with Gasteiger partial charge in [0.1, 0.15) is 0 Å². The van der Waals surface area contributed by atoms with Crippen molar-refractivity contribution in [3.8, 4) is 0 Å². The Kier molecular flexibility index (Phi) is 4.07. The maximum atomic E-state index is 12.1. The molecule has 0 saturated heterocycles. The number of rotatable bonds is 2. The highest BCUT2D eigenvalue weighted by atomic mass is 16.5. The van der Waals surface area contributed by atoms with Gasteiger partial charge in [0.05, 0.1) is 24.7 Å². The second-order valence-corrected chi connectivity index (χ2v) is 5.46. The number of aliphatic hydroxyl groups excluding tert-OH is 2. The topological polar surface area (TPSA) is 66.8 Å². The van der Waals surface area contributed by atoms with E-state index in [9.17, 15) is 15.0 Å². The number of allylic oxidation sites excluding steroid dienone is 2. The summed E-state index contributed by atoms with van der Waals surface area (Å²) in [6.07, 6.45) is 3.94. The molecule has 2 aliphatic carbocycles. The lowest BCUT2D eigenvalue weighted by Crippen LogP contribution is -2.48. The van der Waals surface area contributed by atoms with Gasteiger partial charge in [0, 0.05) is 5.92 Å². The van der Waals surface area contributed by atoms with Gasteiger partial charge >= 0.3 is 5.97 Å². The minimum atomic E-state index is -0.624. The van der Waals surface area contributed by atoms with Crippen LogP contribution in [0.4, 0.5) is 0 Å². The molecule has 18 heavy (non-hydrogen) atoms. The van der Waals surface area contributed by atoms with Gasteiger partial charge < -0.3 is 14.9 Å². The fourth-order valence-corrected chi connectivity index (χ4v) is 3.40. The Balaban J connectivity index is 2.22. The third kappa shape index (κ3) is 2.45. The van der Waals surface area contributed by atoms with Crippen LogP contribution in [-0.2, 0) is 9.53 Å². The van der Waals surface area contributed by atoms with E-state index in [1.807, 2.05) is 19.1 Å². The van der Waals surface area contributed by atoms with E-state index in [4.69, 9.17) is 4.74 Å². The highest BCUT2D eigenvalue weighted by molar-refractivity contribution is 5.74. The maximum absolute atomic E-state index is 12.1. The van der Waals surface area contributed by atoms with E-state index in [1.165, 1.54) is 0 Å². The molecule has 0 aliphatic heterocycles. The van der Waals surface area contributed by atoms with Crippen LogP contribution in [0.3, 0.4) is 0 Å². The Morgan fingerprint density at radius 1 is 1.33 bits per heavy atom. The van der Waals surface area contributed by atoms with Gasteiger partial charge in [0.15, 0.2) is 0 Å². The molecule has 0 aromatic heterocycles. The van der Waals surface area contributed by atoms with Crippen molar-refractivity contribution >= 4 is 5.97 Å². The Morgan fingerprint density at radius 3 is 2.72 bits per heavy atom. The third-order valence-electron chi connectivity index (χ3n) is 4.20. The molecule has 2 aliphatic rings. The van der Waals surface area contributed by atoms with Gasteiger partial charge in [-0.25, -0.2) is 0 Å². The summed E-state index contributed by atoms with van der Waals surface area (Å²) in [6.45, 7) is 4.13. The first-order valence-corrected chi connectivity index (χ1v) is 6.75. The molecule has 2 rings (SSSR count). The molecule has 2 unspecified atom stereocenters. The smallest absolute Gasteiger partial charge is 0.309 e. The van der Waals surface area contributed by atoms with Crippen LogP contribution in [0.5, 0.6) is 0 Å². The molecule has 2 N–H and O–H groups in total. The zero-order valence-electron chi connectivity index (χ0n) is 11.0. The minimum absolute atomic E-state index is 0.0781. The normalized spacial score (nSPS) is 43.3. The van der Waals surface area contributed by atoms with Gasteiger partial charge in [-0.15, -0.1) is 0 Å². The summed E-state index contributed by atoms with van der Waals surface area (Å²) in [6, 6.07) is 0. The first-order valence-electron chi connectivity index (χ1n) is 6.75. The van der Waals surface area contributed by atoms with Crippen molar-refractivity contribution in [1.29, 1.82) is 0 Å². The second kappa shape index (κ2) is 5.41. The van der Waals surface area contributed by atoms with Crippen LogP contribution in [0.1, 0.15) is 26.7 Å². The lowest BCUT2D eigenvalue weighted by Gasteiger charge is -2.44. The van der Waals surface area contributed by atoms with Gasteiger partial charge in [0.2, 0.25) is 0 Å². The fourth-order valence-electron chi connectivity index (χ4n) is 3.40. The van der Waals surface area contributed by atoms with Crippen molar-refractivity contribution in [3.05, 3.63) is 12.2 Å². The summed E-state index contributed by atoms with van der Waals surface area (Å²) in [5, 5.41) is 19.9. The molecule has 6 atom stereocenters. The van der Waals surface area contributed by atoms with Crippen molar-refractivity contribution in [3.63, 3.8) is 0 Å². The summed E-state index contributed by atoms with van der Waals surface area (Å²) < 4.78 is 5.13.